The summed E-state index contributed by atoms with van der Waals surface area (Å²) in [6.45, 7) is 0.134. The molecule has 0 radical (unpaired) electrons. The summed E-state index contributed by atoms with van der Waals surface area (Å²) in [6, 6.07) is 17.2. The molecule has 3 aromatic rings. The molecule has 0 spiro atoms. The molecule has 0 unspecified atom stereocenters. The van der Waals surface area contributed by atoms with Gasteiger partial charge in [0.1, 0.15) is 12.4 Å². The van der Waals surface area contributed by atoms with Gasteiger partial charge >= 0.3 is 5.97 Å². The molecule has 0 bridgehead atoms. The molecule has 0 fully saturated rings. The SMILES string of the molecule is COc1ccc2cc(COC(=O)c3ccc(S(C)(=O)=O)cc3)ccc2c1. The second-order valence-electron chi connectivity index (χ2n) is 5.92. The summed E-state index contributed by atoms with van der Waals surface area (Å²) in [6.07, 6.45) is 1.12. The summed E-state index contributed by atoms with van der Waals surface area (Å²) in [5.74, 6) is 0.286. The molecule has 0 saturated carbocycles. The van der Waals surface area contributed by atoms with Gasteiger partial charge in [0.2, 0.25) is 0 Å². The zero-order chi connectivity index (χ0) is 18.7. The minimum atomic E-state index is -3.29. The molecule has 0 aliphatic carbocycles. The quantitative estimate of drug-likeness (QED) is 0.642. The fourth-order valence-corrected chi connectivity index (χ4v) is 3.19. The van der Waals surface area contributed by atoms with E-state index < -0.39 is 15.8 Å². The average Bonchev–Trinajstić information content (AvgIpc) is 2.65. The van der Waals surface area contributed by atoms with Crippen LogP contribution in [0.1, 0.15) is 15.9 Å². The highest BCUT2D eigenvalue weighted by molar-refractivity contribution is 7.90. The van der Waals surface area contributed by atoms with E-state index in [9.17, 15) is 13.2 Å². The Hall–Kier alpha value is -2.86. The molecule has 0 N–H and O–H groups in total. The Morgan fingerprint density at radius 3 is 2.23 bits per heavy atom. The van der Waals surface area contributed by atoms with Gasteiger partial charge in [-0.3, -0.25) is 0 Å². The number of sulfone groups is 1. The third kappa shape index (κ3) is 4.03. The highest BCUT2D eigenvalue weighted by Crippen LogP contribution is 2.22. The van der Waals surface area contributed by atoms with Crippen LogP contribution in [0.2, 0.25) is 0 Å². The van der Waals surface area contributed by atoms with Crippen LogP contribution in [0.5, 0.6) is 5.75 Å². The van der Waals surface area contributed by atoms with Gasteiger partial charge in [0.25, 0.3) is 0 Å². The van der Waals surface area contributed by atoms with E-state index in [1.807, 2.05) is 36.4 Å². The standard InChI is InChI=1S/C20H18O5S/c1-24-18-8-5-16-11-14(3-4-17(16)12-18)13-25-20(21)15-6-9-19(10-7-15)26(2,22)23/h3-12H,13H2,1-2H3. The maximum Gasteiger partial charge on any atom is 0.338 e. The van der Waals surface area contributed by atoms with Gasteiger partial charge in [-0.1, -0.05) is 18.2 Å². The number of carbonyl (C=O) groups is 1. The van der Waals surface area contributed by atoms with E-state index in [0.29, 0.717) is 5.56 Å². The minimum Gasteiger partial charge on any atom is -0.497 e. The summed E-state index contributed by atoms with van der Waals surface area (Å²) in [4.78, 5) is 12.3. The topological polar surface area (TPSA) is 69.7 Å². The molecule has 0 saturated heterocycles. The van der Waals surface area contributed by atoms with E-state index in [4.69, 9.17) is 9.47 Å². The van der Waals surface area contributed by atoms with Crippen LogP contribution in [0.25, 0.3) is 10.8 Å². The van der Waals surface area contributed by atoms with Crippen molar-refractivity contribution in [2.24, 2.45) is 0 Å². The Kier molecular flexibility index (Phi) is 4.95. The fraction of sp³-hybridized carbons (Fsp3) is 0.150. The Balaban J connectivity index is 1.70. The molecule has 134 valence electrons. The van der Waals surface area contributed by atoms with Gasteiger partial charge in [-0.15, -0.1) is 0 Å². The monoisotopic (exact) mass is 370 g/mol. The second-order valence-corrected chi connectivity index (χ2v) is 7.94. The third-order valence-electron chi connectivity index (χ3n) is 4.00. The van der Waals surface area contributed by atoms with E-state index in [1.54, 1.807) is 7.11 Å². The third-order valence-corrected chi connectivity index (χ3v) is 5.13. The van der Waals surface area contributed by atoms with Crippen molar-refractivity contribution in [1.29, 1.82) is 0 Å². The van der Waals surface area contributed by atoms with Crippen LogP contribution >= 0.6 is 0 Å². The van der Waals surface area contributed by atoms with Gasteiger partial charge in [0, 0.05) is 6.26 Å². The smallest absolute Gasteiger partial charge is 0.338 e. The first-order valence-electron chi connectivity index (χ1n) is 7.91. The molecule has 0 atom stereocenters. The number of rotatable bonds is 5. The van der Waals surface area contributed by atoms with Crippen LogP contribution in [-0.2, 0) is 21.2 Å². The lowest BCUT2D eigenvalue weighted by Crippen LogP contribution is -2.06. The largest absolute Gasteiger partial charge is 0.497 e. The number of carbonyl (C=O) groups excluding carboxylic acids is 1. The average molecular weight is 370 g/mol. The molecular weight excluding hydrogens is 352 g/mol. The molecule has 26 heavy (non-hydrogen) atoms. The Labute approximate surface area is 152 Å². The Morgan fingerprint density at radius 2 is 1.58 bits per heavy atom. The first-order valence-corrected chi connectivity index (χ1v) is 9.80. The lowest BCUT2D eigenvalue weighted by Gasteiger charge is -2.08. The summed E-state index contributed by atoms with van der Waals surface area (Å²) >= 11 is 0. The number of hydrogen-bond acceptors (Lipinski definition) is 5. The minimum absolute atomic E-state index is 0.134. The predicted molar refractivity (Wildman–Crippen MR) is 99.2 cm³/mol. The second kappa shape index (κ2) is 7.17. The van der Waals surface area contributed by atoms with Crippen molar-refractivity contribution in [2.45, 2.75) is 11.5 Å². The van der Waals surface area contributed by atoms with Crippen LogP contribution < -0.4 is 4.74 Å². The molecule has 6 heteroatoms. The molecular formula is C20H18O5S. The van der Waals surface area contributed by atoms with E-state index in [0.717, 1.165) is 28.3 Å². The van der Waals surface area contributed by atoms with E-state index in [1.165, 1.54) is 24.3 Å². The zero-order valence-electron chi connectivity index (χ0n) is 14.4. The van der Waals surface area contributed by atoms with Crippen LogP contribution in [0, 0.1) is 0 Å². The molecule has 3 aromatic carbocycles. The molecule has 0 amide bonds. The van der Waals surface area contributed by atoms with Crippen LogP contribution in [-0.4, -0.2) is 27.8 Å². The maximum atomic E-state index is 12.1. The van der Waals surface area contributed by atoms with Gasteiger partial charge in [-0.05, 0) is 58.8 Å². The van der Waals surface area contributed by atoms with Gasteiger partial charge in [0.15, 0.2) is 9.84 Å². The molecule has 0 aliphatic rings. The van der Waals surface area contributed by atoms with Crippen molar-refractivity contribution < 1.29 is 22.7 Å². The maximum absolute atomic E-state index is 12.1. The number of hydrogen-bond donors (Lipinski definition) is 0. The normalized spacial score (nSPS) is 11.3. The first-order chi connectivity index (χ1) is 12.4. The lowest BCUT2D eigenvalue weighted by molar-refractivity contribution is 0.0472. The number of benzene rings is 3. The van der Waals surface area contributed by atoms with Crippen LogP contribution in [0.4, 0.5) is 0 Å². The van der Waals surface area contributed by atoms with Crippen molar-refractivity contribution in [3.8, 4) is 5.75 Å². The number of methoxy groups -OCH3 is 1. The zero-order valence-corrected chi connectivity index (χ0v) is 15.2. The van der Waals surface area contributed by atoms with Crippen molar-refractivity contribution >= 4 is 26.6 Å². The van der Waals surface area contributed by atoms with Crippen molar-refractivity contribution in [1.82, 2.24) is 0 Å². The van der Waals surface area contributed by atoms with Crippen LogP contribution in [0.15, 0.2) is 65.6 Å². The van der Waals surface area contributed by atoms with E-state index in [-0.39, 0.29) is 11.5 Å². The summed E-state index contributed by atoms with van der Waals surface area (Å²) < 4.78 is 33.4. The van der Waals surface area contributed by atoms with E-state index >= 15 is 0 Å². The van der Waals surface area contributed by atoms with Gasteiger partial charge < -0.3 is 9.47 Å². The number of esters is 1. The highest BCUT2D eigenvalue weighted by atomic mass is 32.2. The lowest BCUT2D eigenvalue weighted by atomic mass is 10.1. The first kappa shape index (κ1) is 17.9. The Bertz CT molecular complexity index is 1050. The van der Waals surface area contributed by atoms with Crippen molar-refractivity contribution in [2.75, 3.05) is 13.4 Å². The van der Waals surface area contributed by atoms with E-state index in [2.05, 4.69) is 0 Å². The van der Waals surface area contributed by atoms with Gasteiger partial charge in [-0.2, -0.15) is 0 Å². The summed E-state index contributed by atoms with van der Waals surface area (Å²) in [5.41, 5.74) is 1.17. The van der Waals surface area contributed by atoms with Crippen molar-refractivity contribution in [3.05, 3.63) is 71.8 Å². The molecule has 3 rings (SSSR count). The highest BCUT2D eigenvalue weighted by Gasteiger charge is 2.11. The number of ether oxygens (including phenoxy) is 2. The van der Waals surface area contributed by atoms with Gasteiger partial charge in [0.05, 0.1) is 17.6 Å². The predicted octanol–water partition coefficient (Wildman–Crippen LogP) is 3.61. The number of fused-ring (bicyclic) bond motifs is 1. The molecule has 5 nitrogen and oxygen atoms in total. The molecule has 0 aromatic heterocycles. The molecule has 0 aliphatic heterocycles. The van der Waals surface area contributed by atoms with Gasteiger partial charge in [-0.25, -0.2) is 13.2 Å². The summed E-state index contributed by atoms with van der Waals surface area (Å²) in [5, 5.41) is 2.06. The fourth-order valence-electron chi connectivity index (χ4n) is 2.56. The summed E-state index contributed by atoms with van der Waals surface area (Å²) in [7, 11) is -1.67. The van der Waals surface area contributed by atoms with Crippen LogP contribution in [0.3, 0.4) is 0 Å². The Morgan fingerprint density at radius 1 is 0.923 bits per heavy atom. The molecule has 0 heterocycles. The van der Waals surface area contributed by atoms with Crippen molar-refractivity contribution in [3.63, 3.8) is 0 Å².